The van der Waals surface area contributed by atoms with Crippen molar-refractivity contribution in [2.24, 2.45) is 0 Å². The molecular formula is C28H26N6O3. The quantitative estimate of drug-likeness (QED) is 0.348. The first-order valence-electron chi connectivity index (χ1n) is 11.9. The van der Waals surface area contributed by atoms with E-state index in [1.807, 2.05) is 56.3 Å². The van der Waals surface area contributed by atoms with Gasteiger partial charge in [-0.2, -0.15) is 0 Å². The molecule has 3 heterocycles. The van der Waals surface area contributed by atoms with E-state index in [2.05, 4.69) is 20.6 Å². The summed E-state index contributed by atoms with van der Waals surface area (Å²) in [5, 5.41) is 11.3. The summed E-state index contributed by atoms with van der Waals surface area (Å²) in [6, 6.07) is 19.4. The van der Waals surface area contributed by atoms with Gasteiger partial charge in [0.1, 0.15) is 23.9 Å². The molecule has 9 nitrogen and oxygen atoms in total. The molecule has 3 aromatic heterocycles. The average molecular weight is 495 g/mol. The first kappa shape index (κ1) is 23.9. The molecule has 0 aliphatic heterocycles. The second-order valence-electron chi connectivity index (χ2n) is 8.78. The number of nitrogens with one attached hydrogen (secondary N) is 1. The minimum Gasteiger partial charge on any atom is -0.467 e. The standard InChI is InChI=1S/C28H26N6O3/c1-19-11-12-20(2)25(15-19)34(26(35)18-33-24-10-4-3-9-23(24)31-32-33)27(21-7-5-13-29-16-21)28(36)30-17-22-8-6-14-37-22/h3-16,27H,17-18H2,1-2H3,(H,30,36)/t27-/m1/s1. The van der Waals surface area contributed by atoms with Crippen molar-refractivity contribution in [2.75, 3.05) is 4.90 Å². The van der Waals surface area contributed by atoms with Crippen LogP contribution in [0.15, 0.2) is 89.8 Å². The van der Waals surface area contributed by atoms with Crippen molar-refractivity contribution < 1.29 is 14.0 Å². The molecule has 5 rings (SSSR count). The maximum absolute atomic E-state index is 14.1. The molecule has 2 aromatic carbocycles. The van der Waals surface area contributed by atoms with Crippen molar-refractivity contribution in [3.8, 4) is 0 Å². The third-order valence-corrected chi connectivity index (χ3v) is 6.12. The second-order valence-corrected chi connectivity index (χ2v) is 8.78. The van der Waals surface area contributed by atoms with Gasteiger partial charge in [0.2, 0.25) is 11.8 Å². The van der Waals surface area contributed by atoms with Crippen LogP contribution in [0.5, 0.6) is 0 Å². The topological polar surface area (TPSA) is 106 Å². The molecule has 0 radical (unpaired) electrons. The molecule has 2 amide bonds. The van der Waals surface area contributed by atoms with E-state index in [1.165, 1.54) is 4.90 Å². The van der Waals surface area contributed by atoms with E-state index in [4.69, 9.17) is 4.42 Å². The van der Waals surface area contributed by atoms with Gasteiger partial charge in [-0.25, -0.2) is 4.68 Å². The van der Waals surface area contributed by atoms with Crippen LogP contribution in [0.3, 0.4) is 0 Å². The summed E-state index contributed by atoms with van der Waals surface area (Å²) in [6.45, 7) is 3.95. The number of para-hydroxylation sites is 1. The fourth-order valence-electron chi connectivity index (χ4n) is 4.27. The number of anilines is 1. The third kappa shape index (κ3) is 5.11. The van der Waals surface area contributed by atoms with Crippen molar-refractivity contribution in [1.82, 2.24) is 25.3 Å². The Morgan fingerprint density at radius 2 is 1.92 bits per heavy atom. The predicted molar refractivity (Wildman–Crippen MR) is 138 cm³/mol. The van der Waals surface area contributed by atoms with Gasteiger partial charge in [-0.3, -0.25) is 19.5 Å². The van der Waals surface area contributed by atoms with E-state index in [9.17, 15) is 9.59 Å². The number of aryl methyl sites for hydroxylation is 2. The van der Waals surface area contributed by atoms with E-state index in [-0.39, 0.29) is 24.9 Å². The van der Waals surface area contributed by atoms with Gasteiger partial charge in [0, 0.05) is 23.6 Å². The van der Waals surface area contributed by atoms with Crippen LogP contribution in [0, 0.1) is 13.8 Å². The molecule has 0 aliphatic rings. The number of hydrogen-bond donors (Lipinski definition) is 1. The molecule has 5 aromatic rings. The Bertz CT molecular complexity index is 1530. The zero-order chi connectivity index (χ0) is 25.8. The van der Waals surface area contributed by atoms with Gasteiger partial charge in [0.15, 0.2) is 0 Å². The number of fused-ring (bicyclic) bond motifs is 1. The summed E-state index contributed by atoms with van der Waals surface area (Å²) in [5.41, 5.74) is 4.46. The maximum atomic E-state index is 14.1. The Balaban J connectivity index is 1.58. The van der Waals surface area contributed by atoms with Gasteiger partial charge in [0.05, 0.1) is 18.3 Å². The molecular weight excluding hydrogens is 468 g/mol. The number of rotatable bonds is 8. The molecule has 0 spiro atoms. The highest BCUT2D eigenvalue weighted by atomic mass is 16.3. The average Bonchev–Trinajstić information content (AvgIpc) is 3.58. The zero-order valence-electron chi connectivity index (χ0n) is 20.5. The molecule has 0 bridgehead atoms. The first-order valence-corrected chi connectivity index (χ1v) is 11.9. The van der Waals surface area contributed by atoms with Gasteiger partial charge in [0.25, 0.3) is 0 Å². The molecule has 0 aliphatic carbocycles. The largest absolute Gasteiger partial charge is 0.467 e. The lowest BCUT2D eigenvalue weighted by atomic mass is 10.0. The molecule has 0 saturated heterocycles. The number of benzene rings is 2. The molecule has 1 atom stereocenters. The molecule has 37 heavy (non-hydrogen) atoms. The summed E-state index contributed by atoms with van der Waals surface area (Å²) in [6.07, 6.45) is 4.79. The van der Waals surface area contributed by atoms with Crippen LogP contribution in [0.2, 0.25) is 0 Å². The first-order chi connectivity index (χ1) is 18.0. The monoisotopic (exact) mass is 494 g/mol. The molecule has 186 valence electrons. The number of carbonyl (C=O) groups excluding carboxylic acids is 2. The molecule has 9 heteroatoms. The van der Waals surface area contributed by atoms with Crippen LogP contribution in [-0.2, 0) is 22.7 Å². The summed E-state index contributed by atoms with van der Waals surface area (Å²) in [4.78, 5) is 33.6. The zero-order valence-corrected chi connectivity index (χ0v) is 20.5. The summed E-state index contributed by atoms with van der Waals surface area (Å²) >= 11 is 0. The Kier molecular flexibility index (Phi) is 6.76. The second kappa shape index (κ2) is 10.4. The number of furan rings is 1. The predicted octanol–water partition coefficient (Wildman–Crippen LogP) is 4.13. The number of pyridine rings is 1. The summed E-state index contributed by atoms with van der Waals surface area (Å²) in [5.74, 6) is -0.0644. The van der Waals surface area contributed by atoms with Crippen LogP contribution in [0.1, 0.15) is 28.5 Å². The lowest BCUT2D eigenvalue weighted by molar-refractivity contribution is -0.127. The van der Waals surface area contributed by atoms with Crippen molar-refractivity contribution in [2.45, 2.75) is 33.0 Å². The van der Waals surface area contributed by atoms with Gasteiger partial charge < -0.3 is 9.73 Å². The van der Waals surface area contributed by atoms with E-state index < -0.39 is 6.04 Å². The summed E-state index contributed by atoms with van der Waals surface area (Å²) in [7, 11) is 0. The molecule has 0 fully saturated rings. The Morgan fingerprint density at radius 1 is 1.05 bits per heavy atom. The van der Waals surface area contributed by atoms with Gasteiger partial charge in [-0.1, -0.05) is 35.5 Å². The maximum Gasteiger partial charge on any atom is 0.249 e. The third-order valence-electron chi connectivity index (χ3n) is 6.12. The highest BCUT2D eigenvalue weighted by Gasteiger charge is 2.34. The molecule has 0 unspecified atom stereocenters. The van der Waals surface area contributed by atoms with Crippen LogP contribution >= 0.6 is 0 Å². The van der Waals surface area contributed by atoms with Gasteiger partial charge in [-0.15, -0.1) is 5.10 Å². The SMILES string of the molecule is Cc1ccc(C)c(N(C(=O)Cn2nnc3ccccc32)[C@@H](C(=O)NCc2ccco2)c2cccnc2)c1. The highest BCUT2D eigenvalue weighted by Crippen LogP contribution is 2.31. The minimum atomic E-state index is -0.980. The fraction of sp³-hybridized carbons (Fsp3) is 0.179. The van der Waals surface area contributed by atoms with E-state index in [1.54, 1.807) is 47.6 Å². The lowest BCUT2D eigenvalue weighted by Gasteiger charge is -2.32. The normalized spacial score (nSPS) is 11.8. The number of hydrogen-bond acceptors (Lipinski definition) is 6. The van der Waals surface area contributed by atoms with E-state index in [0.717, 1.165) is 16.6 Å². The Morgan fingerprint density at radius 3 is 2.70 bits per heavy atom. The van der Waals surface area contributed by atoms with Gasteiger partial charge >= 0.3 is 0 Å². The van der Waals surface area contributed by atoms with Crippen LogP contribution in [-0.4, -0.2) is 31.8 Å². The Labute approximate surface area is 213 Å². The number of carbonyl (C=O) groups is 2. The van der Waals surface area contributed by atoms with E-state index >= 15 is 0 Å². The minimum absolute atomic E-state index is 0.101. The van der Waals surface area contributed by atoms with Crippen molar-refractivity contribution in [1.29, 1.82) is 0 Å². The number of amides is 2. The van der Waals surface area contributed by atoms with Crippen LogP contribution in [0.4, 0.5) is 5.69 Å². The number of aromatic nitrogens is 4. The highest BCUT2D eigenvalue weighted by molar-refractivity contribution is 6.02. The summed E-state index contributed by atoms with van der Waals surface area (Å²) < 4.78 is 6.93. The smallest absolute Gasteiger partial charge is 0.249 e. The van der Waals surface area contributed by atoms with Crippen molar-refractivity contribution in [3.63, 3.8) is 0 Å². The van der Waals surface area contributed by atoms with Crippen molar-refractivity contribution >= 4 is 28.5 Å². The lowest BCUT2D eigenvalue weighted by Crippen LogP contribution is -2.45. The van der Waals surface area contributed by atoms with Crippen LogP contribution < -0.4 is 10.2 Å². The van der Waals surface area contributed by atoms with Gasteiger partial charge in [-0.05, 0) is 61.4 Å². The van der Waals surface area contributed by atoms with E-state index in [0.29, 0.717) is 22.5 Å². The fourth-order valence-corrected chi connectivity index (χ4v) is 4.27. The molecule has 1 N–H and O–H groups in total. The van der Waals surface area contributed by atoms with Crippen LogP contribution in [0.25, 0.3) is 11.0 Å². The number of nitrogens with zero attached hydrogens (tertiary/aromatic N) is 5. The molecule has 0 saturated carbocycles. The van der Waals surface area contributed by atoms with Crippen molar-refractivity contribution in [3.05, 3.63) is 108 Å². The Hall–Kier alpha value is -4.79.